The minimum atomic E-state index is -0.431. The monoisotopic (exact) mass is 352 g/mol. The zero-order valence-electron chi connectivity index (χ0n) is 16.0. The van der Waals surface area contributed by atoms with Crippen molar-refractivity contribution in [2.75, 3.05) is 5.32 Å². The predicted octanol–water partition coefficient (Wildman–Crippen LogP) is 3.20. The zero-order valence-corrected chi connectivity index (χ0v) is 16.0. The molecule has 1 aliphatic rings. The Morgan fingerprint density at radius 2 is 1.69 bits per heavy atom. The largest absolute Gasteiger partial charge is 0.494 e. The van der Waals surface area contributed by atoms with E-state index in [9.17, 15) is 4.79 Å². The van der Waals surface area contributed by atoms with Crippen LogP contribution in [0, 0.1) is 0 Å². The maximum Gasteiger partial charge on any atom is 0.494 e. The Balaban J connectivity index is 1.70. The molecule has 1 saturated heterocycles. The highest BCUT2D eigenvalue weighted by atomic mass is 16.7. The van der Waals surface area contributed by atoms with Crippen LogP contribution in [-0.4, -0.2) is 29.2 Å². The van der Waals surface area contributed by atoms with E-state index in [1.54, 1.807) is 18.3 Å². The van der Waals surface area contributed by atoms with Gasteiger partial charge in [0.05, 0.1) is 11.2 Å². The minimum absolute atomic E-state index is 0.189. The highest BCUT2D eigenvalue weighted by molar-refractivity contribution is 6.62. The normalized spacial score (nSPS) is 18.0. The van der Waals surface area contributed by atoms with Crippen molar-refractivity contribution in [3.8, 4) is 0 Å². The Hall–Kier alpha value is -2.18. The summed E-state index contributed by atoms with van der Waals surface area (Å²) in [4.78, 5) is 16.6. The summed E-state index contributed by atoms with van der Waals surface area (Å²) in [5.74, 6) is 0.371. The van der Waals surface area contributed by atoms with Crippen molar-refractivity contribution in [1.29, 1.82) is 0 Å². The molecule has 0 spiro atoms. The van der Waals surface area contributed by atoms with Crippen LogP contribution in [0.2, 0.25) is 0 Å². The first-order chi connectivity index (χ1) is 12.2. The predicted molar refractivity (Wildman–Crippen MR) is 104 cm³/mol. The number of rotatable bonds is 4. The summed E-state index contributed by atoms with van der Waals surface area (Å²) in [6.07, 6.45) is 2.60. The lowest BCUT2D eigenvalue weighted by Crippen LogP contribution is -2.41. The van der Waals surface area contributed by atoms with Gasteiger partial charge >= 0.3 is 7.12 Å². The van der Waals surface area contributed by atoms with Gasteiger partial charge in [-0.1, -0.05) is 19.1 Å². The van der Waals surface area contributed by atoms with Gasteiger partial charge in [0, 0.05) is 11.8 Å². The van der Waals surface area contributed by atoms with Gasteiger partial charge in [0.1, 0.15) is 5.82 Å². The van der Waals surface area contributed by atoms with Crippen LogP contribution in [0.1, 0.15) is 50.5 Å². The molecule has 0 radical (unpaired) electrons. The van der Waals surface area contributed by atoms with Crippen molar-refractivity contribution in [3.63, 3.8) is 0 Å². The molecule has 0 atom stereocenters. The summed E-state index contributed by atoms with van der Waals surface area (Å²) in [5.41, 5.74) is 1.82. The van der Waals surface area contributed by atoms with Gasteiger partial charge in [0.15, 0.2) is 0 Å². The number of aromatic nitrogens is 1. The van der Waals surface area contributed by atoms with Crippen molar-refractivity contribution < 1.29 is 14.1 Å². The van der Waals surface area contributed by atoms with E-state index in [0.717, 1.165) is 17.4 Å². The van der Waals surface area contributed by atoms with E-state index < -0.39 is 7.12 Å². The second kappa shape index (κ2) is 6.85. The number of anilines is 1. The van der Waals surface area contributed by atoms with E-state index in [1.807, 2.05) is 52.0 Å². The van der Waals surface area contributed by atoms with Crippen LogP contribution in [0.3, 0.4) is 0 Å². The van der Waals surface area contributed by atoms with Crippen molar-refractivity contribution in [1.82, 2.24) is 4.98 Å². The highest BCUT2D eigenvalue weighted by Crippen LogP contribution is 2.36. The lowest BCUT2D eigenvalue weighted by molar-refractivity contribution is 0.00578. The molecule has 136 valence electrons. The summed E-state index contributed by atoms with van der Waals surface area (Å²) < 4.78 is 12.1. The fourth-order valence-corrected chi connectivity index (χ4v) is 2.72. The van der Waals surface area contributed by atoms with Crippen LogP contribution >= 0.6 is 0 Å². The lowest BCUT2D eigenvalue weighted by Gasteiger charge is -2.32. The topological polar surface area (TPSA) is 60.5 Å². The van der Waals surface area contributed by atoms with Gasteiger partial charge in [-0.3, -0.25) is 4.79 Å². The number of hydrogen-bond donors (Lipinski definition) is 1. The minimum Gasteiger partial charge on any atom is -0.399 e. The first-order valence-corrected chi connectivity index (χ1v) is 8.94. The fourth-order valence-electron chi connectivity index (χ4n) is 2.72. The SMILES string of the molecule is CCc1ccnc(NC(=O)c2ccc(B3OC(C)(C)C(C)(C)O3)cc2)c1. The molecule has 26 heavy (non-hydrogen) atoms. The number of carbonyl (C=O) groups excluding carboxylic acids is 1. The van der Waals surface area contributed by atoms with E-state index >= 15 is 0 Å². The van der Waals surface area contributed by atoms with Crippen molar-refractivity contribution in [2.24, 2.45) is 0 Å². The Bertz CT molecular complexity index is 787. The van der Waals surface area contributed by atoms with Crippen molar-refractivity contribution in [3.05, 3.63) is 53.7 Å². The van der Waals surface area contributed by atoms with E-state index in [-0.39, 0.29) is 17.1 Å². The molecule has 0 unspecified atom stereocenters. The van der Waals surface area contributed by atoms with Crippen LogP contribution in [0.5, 0.6) is 0 Å². The number of carbonyl (C=O) groups is 1. The van der Waals surface area contributed by atoms with E-state index in [1.165, 1.54) is 0 Å². The number of amides is 1. The first-order valence-electron chi connectivity index (χ1n) is 8.94. The van der Waals surface area contributed by atoms with Crippen LogP contribution in [0.4, 0.5) is 5.82 Å². The fraction of sp³-hybridized carbons (Fsp3) is 0.400. The van der Waals surface area contributed by atoms with Gasteiger partial charge in [0.25, 0.3) is 5.91 Å². The number of nitrogens with one attached hydrogen (secondary N) is 1. The molecule has 1 aromatic heterocycles. The molecule has 1 N–H and O–H groups in total. The van der Waals surface area contributed by atoms with Gasteiger partial charge in [-0.25, -0.2) is 4.98 Å². The first kappa shape index (κ1) is 18.6. The van der Waals surface area contributed by atoms with Crippen LogP contribution < -0.4 is 10.8 Å². The summed E-state index contributed by atoms with van der Waals surface area (Å²) >= 11 is 0. The Morgan fingerprint density at radius 3 is 2.27 bits per heavy atom. The average molecular weight is 352 g/mol. The molecule has 1 amide bonds. The van der Waals surface area contributed by atoms with Crippen LogP contribution in [0.15, 0.2) is 42.6 Å². The standard InChI is InChI=1S/C20H25BN2O3/c1-6-14-11-12-22-17(13-14)23-18(24)15-7-9-16(10-8-15)21-25-19(2,3)20(4,5)26-21/h7-13H,6H2,1-5H3,(H,22,23,24). The molecule has 1 fully saturated rings. The lowest BCUT2D eigenvalue weighted by atomic mass is 9.79. The summed E-state index contributed by atoms with van der Waals surface area (Å²) in [7, 11) is -0.431. The third-order valence-corrected chi connectivity index (χ3v) is 5.17. The maximum atomic E-state index is 12.4. The van der Waals surface area contributed by atoms with Crippen LogP contribution in [-0.2, 0) is 15.7 Å². The van der Waals surface area contributed by atoms with Crippen molar-refractivity contribution in [2.45, 2.75) is 52.2 Å². The average Bonchev–Trinajstić information content (AvgIpc) is 2.83. The number of nitrogens with zero attached hydrogens (tertiary/aromatic N) is 1. The number of benzene rings is 1. The summed E-state index contributed by atoms with van der Waals surface area (Å²) in [6, 6.07) is 11.1. The molecule has 1 aliphatic heterocycles. The third-order valence-electron chi connectivity index (χ3n) is 5.17. The molecule has 2 aromatic rings. The second-order valence-corrected chi connectivity index (χ2v) is 7.57. The Morgan fingerprint density at radius 1 is 1.08 bits per heavy atom. The van der Waals surface area contributed by atoms with Gasteiger partial charge in [-0.05, 0) is 69.4 Å². The van der Waals surface area contributed by atoms with Gasteiger partial charge < -0.3 is 14.6 Å². The van der Waals surface area contributed by atoms with Gasteiger partial charge in [-0.15, -0.1) is 0 Å². The summed E-state index contributed by atoms with van der Waals surface area (Å²) in [5, 5.41) is 2.84. The molecule has 5 nitrogen and oxygen atoms in total. The highest BCUT2D eigenvalue weighted by Gasteiger charge is 2.51. The molecule has 0 saturated carbocycles. The molecule has 0 bridgehead atoms. The summed E-state index contributed by atoms with van der Waals surface area (Å²) in [6.45, 7) is 10.1. The Labute approximate surface area is 155 Å². The molecule has 2 heterocycles. The second-order valence-electron chi connectivity index (χ2n) is 7.57. The van der Waals surface area contributed by atoms with E-state index in [0.29, 0.717) is 11.4 Å². The Kier molecular flexibility index (Phi) is 4.91. The molecular weight excluding hydrogens is 327 g/mol. The zero-order chi connectivity index (χ0) is 18.9. The number of hydrogen-bond acceptors (Lipinski definition) is 4. The van der Waals surface area contributed by atoms with Gasteiger partial charge in [-0.2, -0.15) is 0 Å². The quantitative estimate of drug-likeness (QED) is 0.859. The van der Waals surface area contributed by atoms with Crippen molar-refractivity contribution >= 4 is 24.3 Å². The molecule has 3 rings (SSSR count). The maximum absolute atomic E-state index is 12.4. The van der Waals surface area contributed by atoms with E-state index in [2.05, 4.69) is 17.2 Å². The number of pyridine rings is 1. The molecule has 0 aliphatic carbocycles. The molecule has 1 aromatic carbocycles. The smallest absolute Gasteiger partial charge is 0.399 e. The third kappa shape index (κ3) is 3.66. The van der Waals surface area contributed by atoms with Gasteiger partial charge in [0.2, 0.25) is 0 Å². The van der Waals surface area contributed by atoms with Crippen LogP contribution in [0.25, 0.3) is 0 Å². The molecule has 6 heteroatoms. The molecular formula is C20H25BN2O3. The van der Waals surface area contributed by atoms with E-state index in [4.69, 9.17) is 9.31 Å². The number of aryl methyl sites for hydroxylation is 1.